The number of hydrogen-bond acceptors (Lipinski definition) is 1. The Balaban J connectivity index is 2.82. The molecule has 12 heavy (non-hydrogen) atoms. The predicted octanol–water partition coefficient (Wildman–Crippen LogP) is 1.95. The monoisotopic (exact) mass is 162 g/mol. The molecule has 0 bridgehead atoms. The maximum Gasteiger partial charge on any atom is 0.247 e. The van der Waals surface area contributed by atoms with E-state index in [-0.39, 0.29) is 17.3 Å². The lowest BCUT2D eigenvalue weighted by Gasteiger charge is -2.00. The van der Waals surface area contributed by atoms with E-state index >= 15 is 0 Å². The lowest BCUT2D eigenvalue weighted by molar-refractivity contribution is -0.111. The number of para-hydroxylation sites is 2. The molecular weight excluding hydrogens is 154 g/mol. The van der Waals surface area contributed by atoms with Crippen LogP contribution in [-0.2, 0) is 9.90 Å². The first-order valence-corrected chi connectivity index (χ1v) is 3.43. The molecule has 0 spiro atoms. The van der Waals surface area contributed by atoms with E-state index in [9.17, 15) is 9.90 Å². The van der Waals surface area contributed by atoms with Crippen LogP contribution in [0.15, 0.2) is 36.9 Å². The molecule has 0 saturated heterocycles. The van der Waals surface area contributed by atoms with E-state index in [2.05, 4.69) is 11.9 Å². The van der Waals surface area contributed by atoms with Crippen molar-refractivity contribution in [1.29, 1.82) is 0 Å². The van der Waals surface area contributed by atoms with Crippen LogP contribution >= 0.6 is 0 Å². The standard InChI is InChI=1S/C9H8NO2/c1-2-9(12)10-7-5-3-4-6-8(7)11/h2-6H,1H2,(H,10,12). The summed E-state index contributed by atoms with van der Waals surface area (Å²) in [5.74, 6) is -0.578. The lowest BCUT2D eigenvalue weighted by Crippen LogP contribution is -2.06. The predicted molar refractivity (Wildman–Crippen MR) is 45.4 cm³/mol. The second-order valence-electron chi connectivity index (χ2n) is 2.19. The number of carbonyl (C=O) groups excluding carboxylic acids is 1. The Kier molecular flexibility index (Phi) is 2.48. The van der Waals surface area contributed by atoms with E-state index in [1.807, 2.05) is 0 Å². The number of rotatable bonds is 2. The summed E-state index contributed by atoms with van der Waals surface area (Å²) >= 11 is 0. The molecule has 3 heteroatoms. The molecule has 0 atom stereocenters. The van der Waals surface area contributed by atoms with Crippen LogP contribution in [0.25, 0.3) is 0 Å². The Morgan fingerprint density at radius 1 is 1.42 bits per heavy atom. The molecule has 0 aliphatic rings. The zero-order chi connectivity index (χ0) is 8.97. The second-order valence-corrected chi connectivity index (χ2v) is 2.19. The number of benzene rings is 1. The van der Waals surface area contributed by atoms with Gasteiger partial charge in [-0.2, -0.15) is 0 Å². The topological polar surface area (TPSA) is 49.0 Å². The highest BCUT2D eigenvalue weighted by Crippen LogP contribution is 2.21. The summed E-state index contributed by atoms with van der Waals surface area (Å²) in [6.45, 7) is 3.27. The minimum Gasteiger partial charge on any atom is -0.319 e. The third kappa shape index (κ3) is 1.85. The van der Waals surface area contributed by atoms with Gasteiger partial charge in [-0.05, 0) is 18.2 Å². The highest BCUT2D eigenvalue weighted by Gasteiger charge is 2.02. The van der Waals surface area contributed by atoms with Crippen molar-refractivity contribution in [3.63, 3.8) is 0 Å². The Hall–Kier alpha value is -1.77. The highest BCUT2D eigenvalue weighted by molar-refractivity contribution is 5.99. The summed E-state index contributed by atoms with van der Waals surface area (Å²) in [6, 6.07) is 6.23. The average Bonchev–Trinajstić information content (AvgIpc) is 2.09. The number of nitrogens with one attached hydrogen (secondary N) is 1. The van der Waals surface area contributed by atoms with Crippen LogP contribution in [0, 0.1) is 0 Å². The van der Waals surface area contributed by atoms with Crippen LogP contribution in [0.4, 0.5) is 5.69 Å². The van der Waals surface area contributed by atoms with E-state index in [1.54, 1.807) is 18.2 Å². The molecule has 1 aromatic carbocycles. The van der Waals surface area contributed by atoms with Crippen molar-refractivity contribution in [2.75, 3.05) is 5.32 Å². The molecule has 0 unspecified atom stereocenters. The van der Waals surface area contributed by atoms with Crippen LogP contribution in [-0.4, -0.2) is 5.91 Å². The van der Waals surface area contributed by atoms with Gasteiger partial charge < -0.3 is 5.32 Å². The molecule has 1 amide bonds. The molecule has 0 aromatic heterocycles. The van der Waals surface area contributed by atoms with E-state index in [4.69, 9.17) is 0 Å². The summed E-state index contributed by atoms with van der Waals surface area (Å²) in [5, 5.41) is 13.4. The summed E-state index contributed by atoms with van der Waals surface area (Å²) in [7, 11) is 0. The average molecular weight is 162 g/mol. The normalized spacial score (nSPS) is 9.00. The molecule has 0 saturated carbocycles. The number of hydrogen-bond donors (Lipinski definition) is 1. The minimum absolute atomic E-state index is 0.201. The van der Waals surface area contributed by atoms with Crippen LogP contribution in [0.3, 0.4) is 0 Å². The van der Waals surface area contributed by atoms with E-state index in [1.165, 1.54) is 6.07 Å². The molecule has 0 fully saturated rings. The first kappa shape index (κ1) is 8.33. The summed E-state index contributed by atoms with van der Waals surface area (Å²) < 4.78 is 0. The van der Waals surface area contributed by atoms with Crippen molar-refractivity contribution < 1.29 is 9.90 Å². The summed E-state index contributed by atoms with van der Waals surface area (Å²) in [6.07, 6.45) is 1.12. The fourth-order valence-corrected chi connectivity index (χ4v) is 0.754. The molecule has 3 nitrogen and oxygen atoms in total. The number of anilines is 1. The first-order chi connectivity index (χ1) is 5.74. The van der Waals surface area contributed by atoms with Crippen molar-refractivity contribution in [2.24, 2.45) is 0 Å². The Morgan fingerprint density at radius 3 is 2.67 bits per heavy atom. The van der Waals surface area contributed by atoms with Gasteiger partial charge in [0.15, 0.2) is 0 Å². The fourth-order valence-electron chi connectivity index (χ4n) is 0.754. The summed E-state index contributed by atoms with van der Waals surface area (Å²) in [4.78, 5) is 10.8. The van der Waals surface area contributed by atoms with Crippen LogP contribution in [0.5, 0.6) is 5.75 Å². The van der Waals surface area contributed by atoms with Gasteiger partial charge in [-0.3, -0.25) is 9.90 Å². The van der Waals surface area contributed by atoms with Gasteiger partial charge in [-0.1, -0.05) is 18.7 Å². The molecule has 0 heterocycles. The molecule has 0 aliphatic heterocycles. The quantitative estimate of drug-likeness (QED) is 0.664. The molecule has 1 radical (unpaired) electrons. The SMILES string of the molecule is C=CC(=O)Nc1ccccc1[O]. The minimum atomic E-state index is -0.377. The van der Waals surface area contributed by atoms with Crippen molar-refractivity contribution in [1.82, 2.24) is 0 Å². The van der Waals surface area contributed by atoms with Crippen LogP contribution < -0.4 is 5.32 Å². The van der Waals surface area contributed by atoms with Gasteiger partial charge in [-0.15, -0.1) is 0 Å². The van der Waals surface area contributed by atoms with Gasteiger partial charge in [0, 0.05) is 0 Å². The van der Waals surface area contributed by atoms with Gasteiger partial charge in [-0.25, -0.2) is 0 Å². The Morgan fingerprint density at radius 2 is 2.08 bits per heavy atom. The third-order valence-corrected chi connectivity index (χ3v) is 1.33. The van der Waals surface area contributed by atoms with Crippen LogP contribution in [0.2, 0.25) is 0 Å². The largest absolute Gasteiger partial charge is 0.319 e. The van der Waals surface area contributed by atoms with E-state index in [0.717, 1.165) is 6.08 Å². The fraction of sp³-hybridized carbons (Fsp3) is 0. The van der Waals surface area contributed by atoms with Crippen molar-refractivity contribution in [3.8, 4) is 5.75 Å². The Labute approximate surface area is 70.3 Å². The van der Waals surface area contributed by atoms with Gasteiger partial charge in [0.2, 0.25) is 11.7 Å². The number of carbonyl (C=O) groups is 1. The van der Waals surface area contributed by atoms with Gasteiger partial charge in [0.25, 0.3) is 0 Å². The Bertz CT molecular complexity index is 307. The van der Waals surface area contributed by atoms with Crippen LogP contribution in [0.1, 0.15) is 0 Å². The highest BCUT2D eigenvalue weighted by atomic mass is 16.3. The van der Waals surface area contributed by atoms with Crippen molar-refractivity contribution >= 4 is 11.6 Å². The molecule has 1 rings (SSSR count). The molecular formula is C9H8NO2. The molecule has 0 aliphatic carbocycles. The summed E-state index contributed by atoms with van der Waals surface area (Å²) in [5.41, 5.74) is 0.280. The van der Waals surface area contributed by atoms with Gasteiger partial charge in [0.1, 0.15) is 0 Å². The molecule has 61 valence electrons. The van der Waals surface area contributed by atoms with E-state index < -0.39 is 0 Å². The third-order valence-electron chi connectivity index (χ3n) is 1.33. The van der Waals surface area contributed by atoms with Gasteiger partial charge >= 0.3 is 0 Å². The molecule has 1 aromatic rings. The van der Waals surface area contributed by atoms with Crippen molar-refractivity contribution in [2.45, 2.75) is 0 Å². The number of amides is 1. The molecule has 1 N–H and O–H groups in total. The van der Waals surface area contributed by atoms with Crippen molar-refractivity contribution in [3.05, 3.63) is 36.9 Å². The lowest BCUT2D eigenvalue weighted by atomic mass is 10.3. The zero-order valence-electron chi connectivity index (χ0n) is 6.41. The maximum atomic E-state index is 11.0. The van der Waals surface area contributed by atoms with E-state index in [0.29, 0.717) is 0 Å². The first-order valence-electron chi connectivity index (χ1n) is 3.43. The smallest absolute Gasteiger partial charge is 0.247 e. The van der Waals surface area contributed by atoms with Gasteiger partial charge in [0.05, 0.1) is 5.69 Å². The maximum absolute atomic E-state index is 11.0. The zero-order valence-corrected chi connectivity index (χ0v) is 6.41. The second kappa shape index (κ2) is 3.57.